The molecule has 7 aromatic rings. The monoisotopic (exact) mass is 721 g/mol. The number of pyridine rings is 2. The number of halogens is 6. The van der Waals surface area contributed by atoms with E-state index in [4.69, 9.17) is 0 Å². The van der Waals surface area contributed by atoms with Crippen molar-refractivity contribution in [3.05, 3.63) is 162 Å². The number of anilines is 5. The van der Waals surface area contributed by atoms with Crippen LogP contribution >= 0.6 is 0 Å². The number of nitrogens with zero attached hydrogens (tertiary/aromatic N) is 3. The fourth-order valence-corrected chi connectivity index (χ4v) is 5.95. The number of alkyl halides is 6. The highest BCUT2D eigenvalue weighted by Gasteiger charge is 2.35. The highest BCUT2D eigenvalue weighted by atomic mass is 19.4. The van der Waals surface area contributed by atoms with Crippen molar-refractivity contribution in [2.45, 2.75) is 12.4 Å². The molecule has 0 fully saturated rings. The van der Waals surface area contributed by atoms with Gasteiger partial charge in [-0.1, -0.05) is 54.6 Å². The zero-order valence-corrected chi connectivity index (χ0v) is 27.2. The molecule has 0 atom stereocenters. The maximum absolute atomic E-state index is 14.2. The van der Waals surface area contributed by atoms with Crippen LogP contribution in [0.25, 0.3) is 21.8 Å². The van der Waals surface area contributed by atoms with E-state index in [1.165, 1.54) is 29.4 Å². The number of rotatable bonds is 7. The lowest BCUT2D eigenvalue weighted by Gasteiger charge is -2.30. The summed E-state index contributed by atoms with van der Waals surface area (Å²) in [5, 5.41) is 6.64. The average molecular weight is 722 g/mol. The molecule has 53 heavy (non-hydrogen) atoms. The maximum atomic E-state index is 14.2. The van der Waals surface area contributed by atoms with Crippen molar-refractivity contribution in [3.8, 4) is 0 Å². The summed E-state index contributed by atoms with van der Waals surface area (Å²) in [5.74, 6) is -1.94. The van der Waals surface area contributed by atoms with E-state index in [0.717, 1.165) is 24.3 Å². The van der Waals surface area contributed by atoms with Gasteiger partial charge in [0, 0.05) is 28.9 Å². The third-order valence-corrected chi connectivity index (χ3v) is 8.40. The van der Waals surface area contributed by atoms with Crippen LogP contribution in [0.1, 0.15) is 31.8 Å². The highest BCUT2D eigenvalue weighted by molar-refractivity contribution is 6.15. The first-order valence-corrected chi connectivity index (χ1v) is 16.0. The summed E-state index contributed by atoms with van der Waals surface area (Å²) < 4.78 is 85.0. The van der Waals surface area contributed by atoms with E-state index in [2.05, 4.69) is 20.6 Å². The zero-order valence-electron chi connectivity index (χ0n) is 27.2. The van der Waals surface area contributed by atoms with Crippen molar-refractivity contribution in [1.29, 1.82) is 0 Å². The molecule has 7 rings (SSSR count). The summed E-state index contributed by atoms with van der Waals surface area (Å²) in [6.07, 6.45) is -6.73. The summed E-state index contributed by atoms with van der Waals surface area (Å²) in [5.41, 5.74) is -2.18. The SMILES string of the molecule is O=C(Nc1cccc2cccnc12)c1cc(C(F)(F)F)ccc1N(c1ccccc1)c1ccc(C(F)(F)F)cc1C(=O)Nc1cccc2cccnc12. The molecule has 0 radical (unpaired) electrons. The van der Waals surface area contributed by atoms with Gasteiger partial charge in [0.1, 0.15) is 0 Å². The Morgan fingerprint density at radius 2 is 0.943 bits per heavy atom. The van der Waals surface area contributed by atoms with Crippen LogP contribution in [0.5, 0.6) is 0 Å². The molecule has 2 amide bonds. The van der Waals surface area contributed by atoms with Gasteiger partial charge in [0.15, 0.2) is 0 Å². The molecule has 0 saturated heterocycles. The summed E-state index contributed by atoms with van der Waals surface area (Å²) >= 11 is 0. The van der Waals surface area contributed by atoms with Crippen molar-refractivity contribution in [1.82, 2.24) is 9.97 Å². The highest BCUT2D eigenvalue weighted by Crippen LogP contribution is 2.43. The minimum Gasteiger partial charge on any atom is -0.320 e. The maximum Gasteiger partial charge on any atom is 0.416 e. The van der Waals surface area contributed by atoms with Crippen LogP contribution in [0.2, 0.25) is 0 Å². The summed E-state index contributed by atoms with van der Waals surface area (Å²) in [7, 11) is 0. The first kappa shape index (κ1) is 34.7. The quantitative estimate of drug-likeness (QED) is 0.160. The number of fused-ring (bicyclic) bond motifs is 2. The lowest BCUT2D eigenvalue weighted by Crippen LogP contribution is -2.23. The van der Waals surface area contributed by atoms with Crippen LogP contribution in [0, 0.1) is 0 Å². The van der Waals surface area contributed by atoms with E-state index < -0.39 is 46.4 Å². The molecular formula is C40H25F6N5O2. The first-order valence-electron chi connectivity index (χ1n) is 16.0. The van der Waals surface area contributed by atoms with Crippen LogP contribution in [0.15, 0.2) is 140 Å². The van der Waals surface area contributed by atoms with Crippen molar-refractivity contribution in [2.24, 2.45) is 0 Å². The smallest absolute Gasteiger partial charge is 0.320 e. The molecule has 0 aliphatic carbocycles. The van der Waals surface area contributed by atoms with Gasteiger partial charge >= 0.3 is 12.4 Å². The van der Waals surface area contributed by atoms with Gasteiger partial charge in [-0.2, -0.15) is 26.3 Å². The Morgan fingerprint density at radius 3 is 1.38 bits per heavy atom. The number of aromatic nitrogens is 2. The number of hydrogen-bond donors (Lipinski definition) is 2. The Balaban J connectivity index is 1.42. The second kappa shape index (κ2) is 13.8. The van der Waals surface area contributed by atoms with Gasteiger partial charge in [-0.3, -0.25) is 19.6 Å². The molecule has 5 aromatic carbocycles. The molecule has 13 heteroatoms. The Hall–Kier alpha value is -6.76. The summed E-state index contributed by atoms with van der Waals surface area (Å²) in [6.45, 7) is 0. The van der Waals surface area contributed by atoms with Gasteiger partial charge in [-0.15, -0.1) is 0 Å². The molecule has 0 saturated carbocycles. The Bertz CT molecular complexity index is 2340. The Labute approximate surface area is 297 Å². The van der Waals surface area contributed by atoms with E-state index in [1.807, 2.05) is 0 Å². The van der Waals surface area contributed by atoms with E-state index in [0.29, 0.717) is 33.9 Å². The van der Waals surface area contributed by atoms with Crippen molar-refractivity contribution < 1.29 is 35.9 Å². The number of hydrogen-bond acceptors (Lipinski definition) is 5. The fraction of sp³-hybridized carbons (Fsp3) is 0.0500. The summed E-state index contributed by atoms with van der Waals surface area (Å²) in [4.78, 5) is 38.1. The van der Waals surface area contributed by atoms with Crippen LogP contribution in [-0.2, 0) is 12.4 Å². The van der Waals surface area contributed by atoms with Gasteiger partial charge in [0.25, 0.3) is 11.8 Å². The van der Waals surface area contributed by atoms with E-state index in [1.54, 1.807) is 78.9 Å². The molecule has 7 nitrogen and oxygen atoms in total. The normalized spacial score (nSPS) is 11.7. The second-order valence-electron chi connectivity index (χ2n) is 11.8. The molecular weight excluding hydrogens is 696 g/mol. The number of benzene rings is 5. The topological polar surface area (TPSA) is 87.2 Å². The molecule has 0 aliphatic heterocycles. The number of nitrogens with one attached hydrogen (secondary N) is 2. The second-order valence-corrected chi connectivity index (χ2v) is 11.8. The third-order valence-electron chi connectivity index (χ3n) is 8.40. The molecule has 0 bridgehead atoms. The molecule has 2 N–H and O–H groups in total. The first-order chi connectivity index (χ1) is 25.4. The van der Waals surface area contributed by atoms with E-state index in [9.17, 15) is 35.9 Å². The lowest BCUT2D eigenvalue weighted by molar-refractivity contribution is -0.138. The molecule has 264 valence electrons. The van der Waals surface area contributed by atoms with E-state index >= 15 is 0 Å². The minimum atomic E-state index is -4.86. The van der Waals surface area contributed by atoms with E-state index in [-0.39, 0.29) is 28.4 Å². The average Bonchev–Trinajstić information content (AvgIpc) is 3.15. The molecule has 0 unspecified atom stereocenters. The standard InChI is InChI=1S/C40H25F6N5O2/c41-39(42,43)26-16-18-33(29(22-26)37(52)49-31-14-4-8-24-10-6-20-47-35(24)31)51(28-12-2-1-3-13-28)34-19-17-27(40(44,45)46)23-30(34)38(53)50-32-15-5-9-25-11-7-21-48-36(25)32/h1-23H,(H,49,52)(H,50,53). The Morgan fingerprint density at radius 1 is 0.509 bits per heavy atom. The molecule has 2 heterocycles. The number of carbonyl (C=O) groups is 2. The largest absolute Gasteiger partial charge is 0.416 e. The zero-order chi connectivity index (χ0) is 37.3. The minimum absolute atomic E-state index is 0.157. The molecule has 2 aromatic heterocycles. The van der Waals surface area contributed by atoms with Gasteiger partial charge in [0.05, 0.1) is 56.0 Å². The van der Waals surface area contributed by atoms with Crippen molar-refractivity contribution in [2.75, 3.05) is 15.5 Å². The van der Waals surface area contributed by atoms with Crippen LogP contribution in [-0.4, -0.2) is 21.8 Å². The number of carbonyl (C=O) groups excluding carboxylic acids is 2. The van der Waals surface area contributed by atoms with Gasteiger partial charge in [0.2, 0.25) is 0 Å². The predicted octanol–water partition coefficient (Wildman–Crippen LogP) is 10.8. The lowest BCUT2D eigenvalue weighted by atomic mass is 10.0. The van der Waals surface area contributed by atoms with Crippen LogP contribution in [0.4, 0.5) is 54.8 Å². The van der Waals surface area contributed by atoms with Crippen molar-refractivity contribution in [3.63, 3.8) is 0 Å². The van der Waals surface area contributed by atoms with Gasteiger partial charge < -0.3 is 15.5 Å². The fourth-order valence-electron chi connectivity index (χ4n) is 5.95. The predicted molar refractivity (Wildman–Crippen MR) is 191 cm³/mol. The number of amides is 2. The molecule has 0 spiro atoms. The molecule has 0 aliphatic rings. The Kier molecular flexibility index (Phi) is 9.00. The summed E-state index contributed by atoms with van der Waals surface area (Å²) in [6, 6.07) is 29.6. The third kappa shape index (κ3) is 7.09. The van der Waals surface area contributed by atoms with Crippen LogP contribution in [0.3, 0.4) is 0 Å². The number of para-hydroxylation sites is 3. The van der Waals surface area contributed by atoms with Gasteiger partial charge in [-0.25, -0.2) is 0 Å². The van der Waals surface area contributed by atoms with Crippen molar-refractivity contribution >= 4 is 62.1 Å². The van der Waals surface area contributed by atoms with Crippen LogP contribution < -0.4 is 15.5 Å². The van der Waals surface area contributed by atoms with Gasteiger partial charge in [-0.05, 0) is 72.8 Å².